The van der Waals surface area contributed by atoms with Crippen LogP contribution in [-0.4, -0.2) is 18.0 Å². The van der Waals surface area contributed by atoms with Crippen LogP contribution in [0.5, 0.6) is 5.75 Å². The van der Waals surface area contributed by atoms with Crippen LogP contribution in [0.15, 0.2) is 29.6 Å². The average molecular weight is 291 g/mol. The van der Waals surface area contributed by atoms with E-state index in [-0.39, 0.29) is 11.9 Å². The van der Waals surface area contributed by atoms with Crippen molar-refractivity contribution < 1.29 is 9.53 Å². The summed E-state index contributed by atoms with van der Waals surface area (Å²) < 4.78 is 5.24. The van der Waals surface area contributed by atoms with Crippen LogP contribution in [0.3, 0.4) is 0 Å². The Morgan fingerprint density at radius 2 is 2.25 bits per heavy atom. The zero-order valence-electron chi connectivity index (χ0n) is 11.4. The van der Waals surface area contributed by atoms with E-state index in [1.165, 1.54) is 11.3 Å². The number of amides is 1. The molecule has 0 saturated carbocycles. The highest BCUT2D eigenvalue weighted by Crippen LogP contribution is 2.18. The van der Waals surface area contributed by atoms with Crippen LogP contribution in [0.1, 0.15) is 34.0 Å². The first-order chi connectivity index (χ1) is 9.61. The molecule has 0 saturated heterocycles. The first kappa shape index (κ1) is 14.5. The van der Waals surface area contributed by atoms with Crippen LogP contribution in [0.2, 0.25) is 0 Å². The topological polar surface area (TPSA) is 77.2 Å². The summed E-state index contributed by atoms with van der Waals surface area (Å²) in [5, 5.41) is 5.30. The second-order valence-corrected chi connectivity index (χ2v) is 5.24. The molecule has 20 heavy (non-hydrogen) atoms. The summed E-state index contributed by atoms with van der Waals surface area (Å²) in [6.45, 7) is 2.24. The Balaban J connectivity index is 2.01. The van der Waals surface area contributed by atoms with E-state index in [1.807, 2.05) is 31.2 Å². The number of hydrogen-bond donors (Lipinski definition) is 2. The Kier molecular flexibility index (Phi) is 4.70. The van der Waals surface area contributed by atoms with Gasteiger partial charge < -0.3 is 15.8 Å². The molecule has 1 unspecified atom stereocenters. The molecular formula is C14H17N3O2S. The van der Waals surface area contributed by atoms with Gasteiger partial charge in [-0.2, -0.15) is 0 Å². The van der Waals surface area contributed by atoms with Crippen molar-refractivity contribution in [2.45, 2.75) is 19.5 Å². The highest BCUT2D eigenvalue weighted by molar-refractivity contribution is 7.09. The fourth-order valence-corrected chi connectivity index (χ4v) is 2.47. The van der Waals surface area contributed by atoms with Crippen molar-refractivity contribution >= 4 is 17.2 Å². The van der Waals surface area contributed by atoms with Crippen molar-refractivity contribution in [1.29, 1.82) is 0 Å². The third-order valence-corrected chi connectivity index (χ3v) is 3.82. The molecule has 2 rings (SSSR count). The summed E-state index contributed by atoms with van der Waals surface area (Å²) in [6.07, 6.45) is 0. The van der Waals surface area contributed by atoms with Crippen molar-refractivity contribution in [1.82, 2.24) is 10.3 Å². The van der Waals surface area contributed by atoms with Gasteiger partial charge in [0, 0.05) is 17.5 Å². The summed E-state index contributed by atoms with van der Waals surface area (Å²) in [5.74, 6) is 0.543. The quantitative estimate of drug-likeness (QED) is 0.884. The number of nitrogens with zero attached hydrogens (tertiary/aromatic N) is 1. The van der Waals surface area contributed by atoms with Crippen molar-refractivity contribution in [3.63, 3.8) is 0 Å². The summed E-state index contributed by atoms with van der Waals surface area (Å²) in [5.41, 5.74) is 7.05. The molecule has 5 nitrogen and oxygen atoms in total. The Morgan fingerprint density at radius 3 is 2.90 bits per heavy atom. The highest BCUT2D eigenvalue weighted by Gasteiger charge is 2.13. The molecule has 0 spiro atoms. The van der Waals surface area contributed by atoms with E-state index in [0.29, 0.717) is 12.2 Å². The smallest absolute Gasteiger partial charge is 0.271 e. The SMILES string of the molecule is COc1ccccc1CNC(=O)c1csc(C(C)N)n1. The number of methoxy groups -OCH3 is 1. The lowest BCUT2D eigenvalue weighted by Gasteiger charge is -2.08. The molecule has 1 atom stereocenters. The maximum absolute atomic E-state index is 12.0. The molecular weight excluding hydrogens is 274 g/mol. The first-order valence-corrected chi connectivity index (χ1v) is 7.11. The molecule has 1 aromatic carbocycles. The lowest BCUT2D eigenvalue weighted by atomic mass is 10.2. The van der Waals surface area contributed by atoms with Gasteiger partial charge in [0.05, 0.1) is 13.2 Å². The summed E-state index contributed by atoms with van der Waals surface area (Å²) in [4.78, 5) is 16.2. The van der Waals surface area contributed by atoms with Crippen molar-refractivity contribution in [2.75, 3.05) is 7.11 Å². The van der Waals surface area contributed by atoms with Crippen LogP contribution in [0.4, 0.5) is 0 Å². The third kappa shape index (κ3) is 3.34. The van der Waals surface area contributed by atoms with Gasteiger partial charge >= 0.3 is 0 Å². The van der Waals surface area contributed by atoms with Crippen LogP contribution >= 0.6 is 11.3 Å². The van der Waals surface area contributed by atoms with E-state index in [1.54, 1.807) is 12.5 Å². The minimum atomic E-state index is -0.209. The molecule has 3 N–H and O–H groups in total. The lowest BCUT2D eigenvalue weighted by Crippen LogP contribution is -2.23. The summed E-state index contributed by atoms with van der Waals surface area (Å²) >= 11 is 1.39. The Bertz CT molecular complexity index is 596. The van der Waals surface area contributed by atoms with E-state index in [4.69, 9.17) is 10.5 Å². The van der Waals surface area contributed by atoms with E-state index in [9.17, 15) is 4.79 Å². The first-order valence-electron chi connectivity index (χ1n) is 6.23. The number of hydrogen-bond acceptors (Lipinski definition) is 5. The van der Waals surface area contributed by atoms with Gasteiger partial charge in [0.25, 0.3) is 5.91 Å². The van der Waals surface area contributed by atoms with Gasteiger partial charge in [0.1, 0.15) is 16.5 Å². The number of nitrogens with two attached hydrogens (primary N) is 1. The van der Waals surface area contributed by atoms with Crippen LogP contribution in [0, 0.1) is 0 Å². The molecule has 0 fully saturated rings. The second kappa shape index (κ2) is 6.49. The summed E-state index contributed by atoms with van der Waals surface area (Å²) in [6, 6.07) is 7.41. The Hall–Kier alpha value is -1.92. The number of thiazole rings is 1. The van der Waals surface area contributed by atoms with Crippen LogP contribution in [-0.2, 0) is 6.54 Å². The zero-order valence-corrected chi connectivity index (χ0v) is 12.2. The maximum Gasteiger partial charge on any atom is 0.271 e. The molecule has 0 aliphatic carbocycles. The number of rotatable bonds is 5. The predicted molar refractivity (Wildman–Crippen MR) is 78.9 cm³/mol. The third-order valence-electron chi connectivity index (χ3n) is 2.78. The molecule has 0 radical (unpaired) electrons. The molecule has 106 valence electrons. The molecule has 1 amide bonds. The van der Waals surface area contributed by atoms with Crippen molar-refractivity contribution in [2.24, 2.45) is 5.73 Å². The van der Waals surface area contributed by atoms with Gasteiger partial charge in [-0.25, -0.2) is 4.98 Å². The van der Waals surface area contributed by atoms with Gasteiger partial charge in [0.15, 0.2) is 0 Å². The number of carbonyl (C=O) groups excluding carboxylic acids is 1. The van der Waals surface area contributed by atoms with Crippen molar-refractivity contribution in [3.05, 3.63) is 45.9 Å². The van der Waals surface area contributed by atoms with E-state index in [0.717, 1.165) is 16.3 Å². The molecule has 1 heterocycles. The van der Waals surface area contributed by atoms with Gasteiger partial charge in [-0.1, -0.05) is 18.2 Å². The molecule has 6 heteroatoms. The van der Waals surface area contributed by atoms with E-state index in [2.05, 4.69) is 10.3 Å². The largest absolute Gasteiger partial charge is 0.496 e. The van der Waals surface area contributed by atoms with Crippen molar-refractivity contribution in [3.8, 4) is 5.75 Å². The molecule has 0 aliphatic heterocycles. The average Bonchev–Trinajstić information content (AvgIpc) is 2.95. The molecule has 0 aliphatic rings. The van der Waals surface area contributed by atoms with Gasteiger partial charge in [-0.3, -0.25) is 4.79 Å². The number of aromatic nitrogens is 1. The maximum atomic E-state index is 12.0. The molecule has 1 aromatic heterocycles. The fraction of sp³-hybridized carbons (Fsp3) is 0.286. The fourth-order valence-electron chi connectivity index (χ4n) is 1.72. The monoisotopic (exact) mass is 291 g/mol. The van der Waals surface area contributed by atoms with Gasteiger partial charge in [-0.05, 0) is 13.0 Å². The lowest BCUT2D eigenvalue weighted by molar-refractivity contribution is 0.0946. The van der Waals surface area contributed by atoms with E-state index >= 15 is 0 Å². The van der Waals surface area contributed by atoms with Gasteiger partial charge in [-0.15, -0.1) is 11.3 Å². The number of para-hydroxylation sites is 1. The minimum Gasteiger partial charge on any atom is -0.496 e. The Labute approximate surface area is 121 Å². The number of nitrogens with one attached hydrogen (secondary N) is 1. The second-order valence-electron chi connectivity index (χ2n) is 4.35. The van der Waals surface area contributed by atoms with Crippen LogP contribution < -0.4 is 15.8 Å². The number of carbonyl (C=O) groups is 1. The number of benzene rings is 1. The number of ether oxygens (including phenoxy) is 1. The Morgan fingerprint density at radius 1 is 1.50 bits per heavy atom. The van der Waals surface area contributed by atoms with Crippen LogP contribution in [0.25, 0.3) is 0 Å². The standard InChI is InChI=1S/C14H17N3O2S/c1-9(15)14-17-11(8-20-14)13(18)16-7-10-5-3-4-6-12(10)19-2/h3-6,8-9H,7,15H2,1-2H3,(H,16,18). The zero-order chi connectivity index (χ0) is 14.5. The highest BCUT2D eigenvalue weighted by atomic mass is 32.1. The molecule has 2 aromatic rings. The predicted octanol–water partition coefficient (Wildman–Crippen LogP) is 2.10. The van der Waals surface area contributed by atoms with Gasteiger partial charge in [0.2, 0.25) is 0 Å². The van der Waals surface area contributed by atoms with E-state index < -0.39 is 0 Å². The molecule has 0 bridgehead atoms. The normalized spacial score (nSPS) is 11.9. The summed E-state index contributed by atoms with van der Waals surface area (Å²) in [7, 11) is 1.61. The minimum absolute atomic E-state index is 0.157.